The van der Waals surface area contributed by atoms with Crippen LogP contribution < -0.4 is 0 Å². The number of H-pyrrole nitrogens is 1. The summed E-state index contributed by atoms with van der Waals surface area (Å²) in [4.78, 5) is 7.72. The quantitative estimate of drug-likeness (QED) is 0.463. The number of nitrogens with one attached hydrogen (secondary N) is 1. The predicted octanol–water partition coefficient (Wildman–Crippen LogP) is 5.03. The summed E-state index contributed by atoms with van der Waals surface area (Å²) in [6.07, 6.45) is 5.38. The summed E-state index contributed by atoms with van der Waals surface area (Å²) >= 11 is 0. The molecule has 1 aromatic carbocycles. The second-order valence-corrected chi connectivity index (χ2v) is 5.66. The van der Waals surface area contributed by atoms with Gasteiger partial charge in [0.2, 0.25) is 5.82 Å². The van der Waals surface area contributed by atoms with E-state index in [9.17, 15) is 0 Å². The van der Waals surface area contributed by atoms with E-state index in [1.807, 2.05) is 54.7 Å². The van der Waals surface area contributed by atoms with Crippen LogP contribution >= 0.6 is 0 Å². The van der Waals surface area contributed by atoms with Crippen molar-refractivity contribution in [1.82, 2.24) is 20.2 Å². The highest BCUT2D eigenvalue weighted by Crippen LogP contribution is 2.42. The van der Waals surface area contributed by atoms with Crippen LogP contribution in [0.25, 0.3) is 32.9 Å². The molecule has 0 spiro atoms. The average molecular weight is 324 g/mol. The lowest BCUT2D eigenvalue weighted by molar-refractivity contribution is 1.02. The van der Waals surface area contributed by atoms with Crippen LogP contribution in [0.15, 0.2) is 77.3 Å². The first-order valence-electron chi connectivity index (χ1n) is 7.88. The molecule has 25 heavy (non-hydrogen) atoms. The van der Waals surface area contributed by atoms with Crippen molar-refractivity contribution in [3.63, 3.8) is 0 Å². The standard InChI is InChI=1S/C19H12N6/c1-2-6-13-12(5-1)11-22-24-19(13)25-23-16-14-7-3-9-20-17(14)18-15(16)8-4-10-21-18/h1-11,20H. The van der Waals surface area contributed by atoms with E-state index in [0.29, 0.717) is 5.82 Å². The summed E-state index contributed by atoms with van der Waals surface area (Å²) in [5.74, 6) is 0.504. The minimum atomic E-state index is 0.504. The minimum Gasteiger partial charge on any atom is -0.359 e. The van der Waals surface area contributed by atoms with E-state index in [4.69, 9.17) is 0 Å². The highest BCUT2D eigenvalue weighted by Gasteiger charge is 2.18. The number of nitrogens with zero attached hydrogens (tertiary/aromatic N) is 5. The van der Waals surface area contributed by atoms with Crippen LogP contribution in [-0.2, 0) is 0 Å². The van der Waals surface area contributed by atoms with Gasteiger partial charge in [0.05, 0.1) is 17.4 Å². The summed E-state index contributed by atoms with van der Waals surface area (Å²) in [5, 5.41) is 19.9. The van der Waals surface area contributed by atoms with E-state index in [2.05, 4.69) is 30.4 Å². The Balaban J connectivity index is 1.72. The number of hydrogen-bond acceptors (Lipinski definition) is 5. The van der Waals surface area contributed by atoms with E-state index in [1.165, 1.54) is 0 Å². The molecule has 2 aromatic heterocycles. The Hall–Kier alpha value is -3.67. The zero-order chi connectivity index (χ0) is 16.6. The monoisotopic (exact) mass is 324 g/mol. The van der Waals surface area contributed by atoms with Gasteiger partial charge in [-0.25, -0.2) is 0 Å². The molecular formula is C19H12N6. The summed E-state index contributed by atoms with van der Waals surface area (Å²) < 4.78 is 0. The molecule has 0 amide bonds. The van der Waals surface area contributed by atoms with E-state index in [1.54, 1.807) is 12.4 Å². The maximum Gasteiger partial charge on any atom is 0.204 e. The zero-order valence-corrected chi connectivity index (χ0v) is 13.1. The first-order valence-corrected chi connectivity index (χ1v) is 7.88. The minimum absolute atomic E-state index is 0.504. The van der Waals surface area contributed by atoms with Crippen LogP contribution in [0.3, 0.4) is 0 Å². The lowest BCUT2D eigenvalue weighted by Crippen LogP contribution is -1.82. The number of azo groups is 1. The van der Waals surface area contributed by atoms with Gasteiger partial charge in [-0.3, -0.25) is 4.98 Å². The van der Waals surface area contributed by atoms with Gasteiger partial charge in [-0.05, 0) is 24.3 Å². The van der Waals surface area contributed by atoms with Crippen LogP contribution in [0, 0.1) is 0 Å². The van der Waals surface area contributed by atoms with Crippen molar-refractivity contribution in [3.8, 4) is 11.3 Å². The van der Waals surface area contributed by atoms with Gasteiger partial charge in [-0.2, -0.15) is 5.10 Å². The van der Waals surface area contributed by atoms with Crippen LogP contribution in [0.1, 0.15) is 0 Å². The van der Waals surface area contributed by atoms with Crippen molar-refractivity contribution in [1.29, 1.82) is 0 Å². The van der Waals surface area contributed by atoms with Crippen LogP contribution in [0.5, 0.6) is 0 Å². The molecule has 1 N–H and O–H groups in total. The Morgan fingerprint density at radius 2 is 1.80 bits per heavy atom. The van der Waals surface area contributed by atoms with E-state index >= 15 is 0 Å². The third-order valence-electron chi connectivity index (χ3n) is 4.21. The number of benzene rings is 1. The molecule has 1 aliphatic carbocycles. The molecule has 2 aliphatic rings. The zero-order valence-electron chi connectivity index (χ0n) is 13.1. The third-order valence-corrected chi connectivity index (χ3v) is 4.21. The summed E-state index contributed by atoms with van der Waals surface area (Å²) in [5.41, 5.74) is 3.60. The maximum absolute atomic E-state index is 4.51. The number of aromatic nitrogens is 4. The molecule has 5 rings (SSSR count). The smallest absolute Gasteiger partial charge is 0.204 e. The highest BCUT2D eigenvalue weighted by molar-refractivity contribution is 6.08. The molecule has 3 aromatic rings. The molecule has 1 aliphatic heterocycles. The van der Waals surface area contributed by atoms with Gasteiger partial charge in [-0.1, -0.05) is 24.3 Å². The Morgan fingerprint density at radius 1 is 0.880 bits per heavy atom. The first kappa shape index (κ1) is 13.7. The van der Waals surface area contributed by atoms with E-state index < -0.39 is 0 Å². The molecule has 0 saturated carbocycles. The van der Waals surface area contributed by atoms with Crippen LogP contribution in [0.4, 0.5) is 11.5 Å². The van der Waals surface area contributed by atoms with E-state index in [0.717, 1.165) is 38.6 Å². The molecule has 0 bridgehead atoms. The van der Waals surface area contributed by atoms with Crippen molar-refractivity contribution in [3.05, 3.63) is 67.1 Å². The van der Waals surface area contributed by atoms with Crippen molar-refractivity contribution < 1.29 is 0 Å². The van der Waals surface area contributed by atoms with Gasteiger partial charge in [0.15, 0.2) is 0 Å². The van der Waals surface area contributed by atoms with Crippen molar-refractivity contribution >= 4 is 33.2 Å². The Morgan fingerprint density at radius 3 is 2.80 bits per heavy atom. The normalized spacial score (nSPS) is 11.8. The summed E-state index contributed by atoms with van der Waals surface area (Å²) in [6, 6.07) is 15.7. The van der Waals surface area contributed by atoms with Crippen molar-refractivity contribution in [2.24, 2.45) is 10.2 Å². The Labute approximate surface area is 142 Å². The summed E-state index contributed by atoms with van der Waals surface area (Å²) in [6.45, 7) is 0. The maximum atomic E-state index is 4.51. The molecule has 6 heteroatoms. The Kier molecular flexibility index (Phi) is 3.00. The van der Waals surface area contributed by atoms with Crippen molar-refractivity contribution in [2.75, 3.05) is 0 Å². The molecular weight excluding hydrogens is 312 g/mol. The van der Waals surface area contributed by atoms with Crippen LogP contribution in [0.2, 0.25) is 0 Å². The summed E-state index contributed by atoms with van der Waals surface area (Å²) in [7, 11) is 0. The molecule has 0 saturated heterocycles. The first-order chi connectivity index (χ1) is 12.4. The number of rotatable bonds is 2. The van der Waals surface area contributed by atoms with Gasteiger partial charge >= 0.3 is 0 Å². The molecule has 6 nitrogen and oxygen atoms in total. The number of aromatic amines is 1. The molecule has 0 unspecified atom stereocenters. The molecule has 0 radical (unpaired) electrons. The van der Waals surface area contributed by atoms with Gasteiger partial charge in [0.25, 0.3) is 0 Å². The van der Waals surface area contributed by atoms with E-state index in [-0.39, 0.29) is 0 Å². The average Bonchev–Trinajstić information content (AvgIpc) is 3.00. The highest BCUT2D eigenvalue weighted by atomic mass is 15.2. The number of pyridine rings is 2. The molecule has 118 valence electrons. The lowest BCUT2D eigenvalue weighted by Gasteiger charge is -2.00. The fourth-order valence-corrected chi connectivity index (χ4v) is 3.06. The predicted molar refractivity (Wildman–Crippen MR) is 96.4 cm³/mol. The molecule has 3 heterocycles. The molecule has 0 fully saturated rings. The fourth-order valence-electron chi connectivity index (χ4n) is 3.06. The largest absolute Gasteiger partial charge is 0.359 e. The topological polar surface area (TPSA) is 79.2 Å². The third kappa shape index (κ3) is 2.15. The van der Waals surface area contributed by atoms with Gasteiger partial charge in [-0.15, -0.1) is 15.3 Å². The molecule has 0 atom stereocenters. The fraction of sp³-hybridized carbons (Fsp3) is 0. The Bertz CT molecular complexity index is 1200. The number of hydrogen-bond donors (Lipinski definition) is 1. The van der Waals surface area contributed by atoms with Crippen LogP contribution in [-0.4, -0.2) is 20.2 Å². The SMILES string of the molecule is c1c[nH]c2c3ncccc3c(N=Nc3nncc4ccccc34)c-2c1. The van der Waals surface area contributed by atoms with Gasteiger partial charge < -0.3 is 4.98 Å². The van der Waals surface area contributed by atoms with Crippen molar-refractivity contribution in [2.45, 2.75) is 0 Å². The second-order valence-electron chi connectivity index (χ2n) is 5.66. The lowest BCUT2D eigenvalue weighted by atomic mass is 10.2. The van der Waals surface area contributed by atoms with Gasteiger partial charge in [0.1, 0.15) is 5.69 Å². The van der Waals surface area contributed by atoms with Gasteiger partial charge in [0, 0.05) is 34.1 Å². The second kappa shape index (κ2) is 5.45. The number of fused-ring (bicyclic) bond motifs is 4.